The molecule has 4 heteroatoms. The van der Waals surface area contributed by atoms with Crippen LogP contribution in [0.25, 0.3) is 0 Å². The highest BCUT2D eigenvalue weighted by Crippen LogP contribution is 2.29. The first-order valence-electron chi connectivity index (χ1n) is 5.34. The first-order chi connectivity index (χ1) is 6.35. The number of hydrogen-bond acceptors (Lipinski definition) is 3. The Morgan fingerprint density at radius 2 is 1.86 bits per heavy atom. The minimum Gasteiger partial charge on any atom is -0.327 e. The summed E-state index contributed by atoms with van der Waals surface area (Å²) in [5, 5.41) is -0.411. The molecule has 0 bridgehead atoms. The van der Waals surface area contributed by atoms with Crippen molar-refractivity contribution >= 4 is 9.84 Å². The highest BCUT2D eigenvalue weighted by molar-refractivity contribution is 7.92. The van der Waals surface area contributed by atoms with Gasteiger partial charge in [0.2, 0.25) is 0 Å². The summed E-state index contributed by atoms with van der Waals surface area (Å²) < 4.78 is 23.8. The maximum atomic E-state index is 11.9. The van der Waals surface area contributed by atoms with Crippen molar-refractivity contribution in [1.82, 2.24) is 0 Å². The predicted molar refractivity (Wildman–Crippen MR) is 58.8 cm³/mol. The van der Waals surface area contributed by atoms with E-state index in [4.69, 9.17) is 5.73 Å². The van der Waals surface area contributed by atoms with Gasteiger partial charge in [-0.15, -0.1) is 0 Å². The van der Waals surface area contributed by atoms with Gasteiger partial charge in [-0.25, -0.2) is 8.42 Å². The van der Waals surface area contributed by atoms with Crippen molar-refractivity contribution in [2.45, 2.75) is 56.6 Å². The van der Waals surface area contributed by atoms with Crippen LogP contribution in [0.4, 0.5) is 0 Å². The molecule has 0 radical (unpaired) electrons. The lowest BCUT2D eigenvalue weighted by Gasteiger charge is -2.32. The van der Waals surface area contributed by atoms with Crippen molar-refractivity contribution in [3.63, 3.8) is 0 Å². The third kappa shape index (κ3) is 2.28. The van der Waals surface area contributed by atoms with E-state index in [9.17, 15) is 8.42 Å². The zero-order valence-electron chi connectivity index (χ0n) is 9.23. The van der Waals surface area contributed by atoms with Gasteiger partial charge in [0, 0.05) is 6.04 Å². The number of rotatable bonds is 2. The van der Waals surface area contributed by atoms with E-state index in [0.29, 0.717) is 5.92 Å². The second kappa shape index (κ2) is 4.19. The van der Waals surface area contributed by atoms with Crippen LogP contribution in [0.15, 0.2) is 0 Å². The van der Waals surface area contributed by atoms with Crippen molar-refractivity contribution in [2.75, 3.05) is 0 Å². The summed E-state index contributed by atoms with van der Waals surface area (Å²) in [4.78, 5) is 0. The van der Waals surface area contributed by atoms with E-state index < -0.39 is 9.84 Å². The molecule has 0 saturated heterocycles. The van der Waals surface area contributed by atoms with E-state index in [1.54, 1.807) is 13.8 Å². The van der Waals surface area contributed by atoms with Crippen LogP contribution in [0, 0.1) is 5.92 Å². The molecule has 0 heterocycles. The third-order valence-electron chi connectivity index (χ3n) is 3.31. The molecule has 3 atom stereocenters. The quantitative estimate of drug-likeness (QED) is 0.762. The van der Waals surface area contributed by atoms with Gasteiger partial charge in [-0.05, 0) is 39.0 Å². The predicted octanol–water partition coefficient (Wildman–Crippen LogP) is 1.33. The smallest absolute Gasteiger partial charge is 0.155 e. The molecule has 0 amide bonds. The van der Waals surface area contributed by atoms with E-state index in [0.717, 1.165) is 19.3 Å². The fourth-order valence-electron chi connectivity index (χ4n) is 2.05. The summed E-state index contributed by atoms with van der Waals surface area (Å²) in [6.45, 7) is 5.57. The zero-order chi connectivity index (χ0) is 10.9. The maximum Gasteiger partial charge on any atom is 0.155 e. The minimum atomic E-state index is -2.91. The van der Waals surface area contributed by atoms with E-state index in [1.165, 1.54) is 0 Å². The van der Waals surface area contributed by atoms with E-state index >= 15 is 0 Å². The lowest BCUT2D eigenvalue weighted by molar-refractivity contribution is 0.330. The first-order valence-corrected chi connectivity index (χ1v) is 6.95. The van der Waals surface area contributed by atoms with E-state index in [1.807, 2.05) is 6.92 Å². The lowest BCUT2D eigenvalue weighted by atomic mass is 9.86. The molecular weight excluding hydrogens is 198 g/mol. The summed E-state index contributed by atoms with van der Waals surface area (Å²) in [7, 11) is -2.91. The number of nitrogens with two attached hydrogens (primary N) is 1. The van der Waals surface area contributed by atoms with Crippen LogP contribution in [0.5, 0.6) is 0 Å². The van der Waals surface area contributed by atoms with Gasteiger partial charge in [-0.2, -0.15) is 0 Å². The van der Waals surface area contributed by atoms with E-state index in [-0.39, 0.29) is 16.5 Å². The molecule has 1 aliphatic rings. The average molecular weight is 219 g/mol. The SMILES string of the molecule is CC1CC(S(=O)(=O)C(C)C)CCC1N. The van der Waals surface area contributed by atoms with Crippen LogP contribution >= 0.6 is 0 Å². The maximum absolute atomic E-state index is 11.9. The molecule has 1 rings (SSSR count). The molecule has 1 saturated carbocycles. The molecule has 84 valence electrons. The normalized spacial score (nSPS) is 34.8. The highest BCUT2D eigenvalue weighted by Gasteiger charge is 2.34. The summed E-state index contributed by atoms with van der Waals surface area (Å²) in [5.74, 6) is 0.335. The summed E-state index contributed by atoms with van der Waals surface area (Å²) in [6, 6.07) is 0.189. The molecule has 14 heavy (non-hydrogen) atoms. The summed E-state index contributed by atoms with van der Waals surface area (Å²) in [6.07, 6.45) is 2.32. The van der Waals surface area contributed by atoms with Gasteiger partial charge >= 0.3 is 0 Å². The second-order valence-corrected chi connectivity index (χ2v) is 7.50. The average Bonchev–Trinajstić information content (AvgIpc) is 2.09. The van der Waals surface area contributed by atoms with Gasteiger partial charge in [-0.1, -0.05) is 6.92 Å². The van der Waals surface area contributed by atoms with Crippen LogP contribution in [0.2, 0.25) is 0 Å². The summed E-state index contributed by atoms with van der Waals surface area (Å²) >= 11 is 0. The molecule has 0 aliphatic heterocycles. The molecule has 2 N–H and O–H groups in total. The standard InChI is InChI=1S/C10H21NO2S/c1-7(2)14(12,13)9-4-5-10(11)8(3)6-9/h7-10H,4-6,11H2,1-3H3. The van der Waals surface area contributed by atoms with Crippen LogP contribution < -0.4 is 5.73 Å². The van der Waals surface area contributed by atoms with Gasteiger partial charge in [0.05, 0.1) is 10.5 Å². The molecule has 0 spiro atoms. The minimum absolute atomic E-state index is 0.155. The van der Waals surface area contributed by atoms with Gasteiger partial charge in [-0.3, -0.25) is 0 Å². The largest absolute Gasteiger partial charge is 0.327 e. The number of hydrogen-bond donors (Lipinski definition) is 1. The molecule has 3 nitrogen and oxygen atoms in total. The Bertz CT molecular complexity index is 284. The number of sulfone groups is 1. The third-order valence-corrected chi connectivity index (χ3v) is 5.98. The van der Waals surface area contributed by atoms with Crippen LogP contribution in [-0.4, -0.2) is 25.0 Å². The Morgan fingerprint density at radius 1 is 1.29 bits per heavy atom. The fraction of sp³-hybridized carbons (Fsp3) is 1.00. The topological polar surface area (TPSA) is 60.2 Å². The first kappa shape index (κ1) is 12.0. The van der Waals surface area contributed by atoms with Gasteiger partial charge in [0.15, 0.2) is 9.84 Å². The van der Waals surface area contributed by atoms with Crippen molar-refractivity contribution in [2.24, 2.45) is 11.7 Å². The molecule has 0 aromatic carbocycles. The van der Waals surface area contributed by atoms with Crippen molar-refractivity contribution < 1.29 is 8.42 Å². The van der Waals surface area contributed by atoms with Crippen molar-refractivity contribution in [3.05, 3.63) is 0 Å². The van der Waals surface area contributed by atoms with Crippen molar-refractivity contribution in [3.8, 4) is 0 Å². The van der Waals surface area contributed by atoms with Gasteiger partial charge < -0.3 is 5.73 Å². The Morgan fingerprint density at radius 3 is 2.29 bits per heavy atom. The Kier molecular flexibility index (Phi) is 3.58. The molecular formula is C10H21NO2S. The highest BCUT2D eigenvalue weighted by atomic mass is 32.2. The van der Waals surface area contributed by atoms with E-state index in [2.05, 4.69) is 0 Å². The van der Waals surface area contributed by atoms with Gasteiger partial charge in [0.1, 0.15) is 0 Å². The Balaban J connectivity index is 2.73. The fourth-order valence-corrected chi connectivity index (χ4v) is 3.86. The lowest BCUT2D eigenvalue weighted by Crippen LogP contribution is -2.41. The molecule has 1 aliphatic carbocycles. The molecule has 0 aromatic heterocycles. The zero-order valence-corrected chi connectivity index (χ0v) is 10.0. The molecule has 0 aromatic rings. The molecule has 1 fully saturated rings. The molecule has 3 unspecified atom stereocenters. The van der Waals surface area contributed by atoms with Crippen molar-refractivity contribution in [1.29, 1.82) is 0 Å². The van der Waals surface area contributed by atoms with Gasteiger partial charge in [0.25, 0.3) is 0 Å². The van der Waals surface area contributed by atoms with Crippen LogP contribution in [0.1, 0.15) is 40.0 Å². The van der Waals surface area contributed by atoms with Crippen LogP contribution in [-0.2, 0) is 9.84 Å². The second-order valence-electron chi connectivity index (χ2n) is 4.71. The monoisotopic (exact) mass is 219 g/mol. The van der Waals surface area contributed by atoms with Crippen LogP contribution in [0.3, 0.4) is 0 Å². The Hall–Kier alpha value is -0.0900. The Labute approximate surface area is 87.0 Å². The summed E-state index contributed by atoms with van der Waals surface area (Å²) in [5.41, 5.74) is 5.87.